The fraction of sp³-hybridized carbons (Fsp3) is 0.667. The van der Waals surface area contributed by atoms with E-state index in [1.54, 1.807) is 24.3 Å². The molecule has 1 saturated carbocycles. The number of nitrogens with zero attached hydrogens (tertiary/aromatic N) is 2. The van der Waals surface area contributed by atoms with Gasteiger partial charge in [0, 0.05) is 36.1 Å². The first-order chi connectivity index (χ1) is 13.2. The van der Waals surface area contributed by atoms with Gasteiger partial charge in [-0.15, -0.1) is 0 Å². The van der Waals surface area contributed by atoms with E-state index in [1.807, 2.05) is 4.90 Å². The molecule has 1 aliphatic heterocycles. The van der Waals surface area contributed by atoms with Crippen LogP contribution in [-0.2, 0) is 14.6 Å². The lowest BCUT2D eigenvalue weighted by Crippen LogP contribution is -2.51. The molecule has 1 amide bonds. The van der Waals surface area contributed by atoms with Crippen LogP contribution in [0.1, 0.15) is 46.0 Å². The molecule has 7 heteroatoms. The minimum atomic E-state index is -3.44. The summed E-state index contributed by atoms with van der Waals surface area (Å²) in [5.41, 5.74) is 0. The van der Waals surface area contributed by atoms with Crippen LogP contribution in [0, 0.1) is 5.92 Å². The first-order valence-electron chi connectivity index (χ1n) is 10.2. The monoisotopic (exact) mass is 426 g/mol. The number of hydrogen-bond acceptors (Lipinski definition) is 4. The van der Waals surface area contributed by atoms with Crippen molar-refractivity contribution < 1.29 is 13.2 Å². The Morgan fingerprint density at radius 2 is 1.89 bits per heavy atom. The van der Waals surface area contributed by atoms with Crippen LogP contribution in [0.15, 0.2) is 29.2 Å². The van der Waals surface area contributed by atoms with E-state index in [4.69, 9.17) is 11.6 Å². The van der Waals surface area contributed by atoms with E-state index in [2.05, 4.69) is 25.8 Å². The van der Waals surface area contributed by atoms with Crippen molar-refractivity contribution >= 4 is 27.3 Å². The molecule has 0 unspecified atom stereocenters. The quantitative estimate of drug-likeness (QED) is 0.697. The van der Waals surface area contributed by atoms with Gasteiger partial charge >= 0.3 is 0 Å². The summed E-state index contributed by atoms with van der Waals surface area (Å²) in [6, 6.07) is 7.16. The molecular formula is C21H31ClN2O3S. The van der Waals surface area contributed by atoms with Crippen LogP contribution in [-0.4, -0.2) is 61.6 Å². The summed E-state index contributed by atoms with van der Waals surface area (Å²) in [4.78, 5) is 17.0. The average molecular weight is 427 g/mol. The molecular weight excluding hydrogens is 396 g/mol. The Balaban J connectivity index is 1.84. The van der Waals surface area contributed by atoms with Crippen molar-refractivity contribution in [1.29, 1.82) is 0 Å². The summed E-state index contributed by atoms with van der Waals surface area (Å²) in [7, 11) is -1.33. The van der Waals surface area contributed by atoms with Crippen molar-refractivity contribution in [3.05, 3.63) is 29.3 Å². The maximum Gasteiger partial charge on any atom is 0.222 e. The number of amides is 1. The van der Waals surface area contributed by atoms with Crippen molar-refractivity contribution in [2.24, 2.45) is 5.92 Å². The van der Waals surface area contributed by atoms with Crippen molar-refractivity contribution in [2.75, 3.05) is 19.3 Å². The first-order valence-corrected chi connectivity index (χ1v) is 12.2. The topological polar surface area (TPSA) is 57.7 Å². The lowest BCUT2D eigenvalue weighted by Gasteiger charge is -2.44. The molecule has 1 aliphatic carbocycles. The molecule has 28 heavy (non-hydrogen) atoms. The molecule has 2 fully saturated rings. The Morgan fingerprint density at radius 3 is 2.46 bits per heavy atom. The van der Waals surface area contributed by atoms with E-state index >= 15 is 0 Å². The van der Waals surface area contributed by atoms with Gasteiger partial charge in [-0.1, -0.05) is 11.6 Å². The smallest absolute Gasteiger partial charge is 0.222 e. The van der Waals surface area contributed by atoms with Crippen molar-refractivity contribution in [3.8, 4) is 0 Å². The summed E-state index contributed by atoms with van der Waals surface area (Å²) in [5.74, 6) is 0.197. The second-order valence-corrected chi connectivity index (χ2v) is 11.0. The third-order valence-corrected chi connectivity index (χ3v) is 8.53. The van der Waals surface area contributed by atoms with E-state index in [-0.39, 0.29) is 23.6 Å². The zero-order valence-electron chi connectivity index (χ0n) is 17.0. The maximum absolute atomic E-state index is 13.1. The number of carbonyl (C=O) groups is 1. The van der Waals surface area contributed by atoms with Crippen LogP contribution in [0.2, 0.25) is 5.02 Å². The molecule has 0 spiro atoms. The predicted molar refractivity (Wildman–Crippen MR) is 112 cm³/mol. The molecule has 156 valence electrons. The molecule has 5 nitrogen and oxygen atoms in total. The second kappa shape index (κ2) is 8.72. The maximum atomic E-state index is 13.1. The molecule has 0 bridgehead atoms. The van der Waals surface area contributed by atoms with Gasteiger partial charge in [0.25, 0.3) is 0 Å². The normalized spacial score (nSPS) is 26.4. The van der Waals surface area contributed by atoms with Crippen LogP contribution < -0.4 is 0 Å². The fourth-order valence-corrected chi connectivity index (χ4v) is 6.44. The summed E-state index contributed by atoms with van der Waals surface area (Å²) in [6.45, 7) is 5.08. The Bertz CT molecular complexity index is 794. The van der Waals surface area contributed by atoms with E-state index < -0.39 is 9.84 Å². The van der Waals surface area contributed by atoms with Gasteiger partial charge < -0.3 is 9.80 Å². The lowest BCUT2D eigenvalue weighted by atomic mass is 9.81. The Labute approximate surface area is 174 Å². The highest BCUT2D eigenvalue weighted by atomic mass is 35.5. The number of likely N-dealkylation sites (tertiary alicyclic amines) is 1. The highest BCUT2D eigenvalue weighted by Crippen LogP contribution is 2.35. The van der Waals surface area contributed by atoms with Crippen molar-refractivity contribution in [2.45, 2.75) is 69.0 Å². The molecule has 2 aliphatic rings. The van der Waals surface area contributed by atoms with Gasteiger partial charge in [-0.2, -0.15) is 0 Å². The van der Waals surface area contributed by atoms with Gasteiger partial charge in [-0.25, -0.2) is 8.42 Å². The van der Waals surface area contributed by atoms with Crippen LogP contribution in [0.25, 0.3) is 0 Å². The molecule has 1 heterocycles. The average Bonchev–Trinajstić information content (AvgIpc) is 3.06. The van der Waals surface area contributed by atoms with Gasteiger partial charge in [0.05, 0.1) is 10.6 Å². The molecule has 1 aromatic rings. The minimum absolute atomic E-state index is 0.0221. The lowest BCUT2D eigenvalue weighted by molar-refractivity contribution is -0.131. The van der Waals surface area contributed by atoms with Gasteiger partial charge in [-0.05, 0) is 76.8 Å². The predicted octanol–water partition coefficient (Wildman–Crippen LogP) is 3.61. The number of benzene rings is 1. The summed E-state index contributed by atoms with van der Waals surface area (Å²) in [5, 5.41) is 0.524. The Kier molecular flexibility index (Phi) is 6.72. The first kappa shape index (κ1) is 21.6. The van der Waals surface area contributed by atoms with Crippen LogP contribution in [0.3, 0.4) is 0 Å². The standard InChI is InChI=1S/C21H31ClN2O3S/c1-15(2)23(3)18-8-11-20(24-12-4-5-21(24)25)16(13-18)14-28(26,27)19-9-6-17(22)7-10-19/h6-7,9-10,15-16,18,20H,4-5,8,11-14H2,1-3H3/t16-,18+,20-/m0/s1. The second-order valence-electron chi connectivity index (χ2n) is 8.48. The Morgan fingerprint density at radius 1 is 1.21 bits per heavy atom. The third kappa shape index (κ3) is 4.71. The van der Waals surface area contributed by atoms with E-state index in [9.17, 15) is 13.2 Å². The van der Waals surface area contributed by atoms with Gasteiger partial charge in [0.1, 0.15) is 0 Å². The van der Waals surface area contributed by atoms with E-state index in [0.29, 0.717) is 28.4 Å². The van der Waals surface area contributed by atoms with Crippen LogP contribution in [0.4, 0.5) is 0 Å². The molecule has 1 aromatic carbocycles. The minimum Gasteiger partial charge on any atom is -0.339 e. The number of rotatable bonds is 6. The van der Waals surface area contributed by atoms with Gasteiger partial charge in [-0.3, -0.25) is 4.79 Å². The third-order valence-electron chi connectivity index (χ3n) is 6.42. The highest BCUT2D eigenvalue weighted by Gasteiger charge is 2.41. The molecule has 3 atom stereocenters. The molecule has 0 N–H and O–H groups in total. The summed E-state index contributed by atoms with van der Waals surface area (Å²) < 4.78 is 26.2. The van der Waals surface area contributed by atoms with E-state index in [1.165, 1.54) is 0 Å². The number of sulfone groups is 1. The van der Waals surface area contributed by atoms with Gasteiger partial charge in [0.2, 0.25) is 5.91 Å². The van der Waals surface area contributed by atoms with Crippen molar-refractivity contribution in [1.82, 2.24) is 9.80 Å². The molecule has 0 aromatic heterocycles. The molecule has 0 radical (unpaired) electrons. The number of carbonyl (C=O) groups excluding carboxylic acids is 1. The van der Waals surface area contributed by atoms with Crippen molar-refractivity contribution in [3.63, 3.8) is 0 Å². The number of hydrogen-bond donors (Lipinski definition) is 0. The molecule has 1 saturated heterocycles. The zero-order chi connectivity index (χ0) is 20.5. The summed E-state index contributed by atoms with van der Waals surface area (Å²) >= 11 is 5.92. The Hall–Kier alpha value is -1.11. The highest BCUT2D eigenvalue weighted by molar-refractivity contribution is 7.91. The SMILES string of the molecule is CC(C)N(C)[C@@H]1CC[C@H](N2CCCC2=O)[C@H](CS(=O)(=O)c2ccc(Cl)cc2)C1. The fourth-order valence-electron chi connectivity index (χ4n) is 4.64. The van der Waals surface area contributed by atoms with Crippen LogP contribution >= 0.6 is 11.6 Å². The largest absolute Gasteiger partial charge is 0.339 e. The molecule has 3 rings (SSSR count). The van der Waals surface area contributed by atoms with Crippen LogP contribution in [0.5, 0.6) is 0 Å². The van der Waals surface area contributed by atoms with E-state index in [0.717, 1.165) is 32.2 Å². The number of halogens is 1. The van der Waals surface area contributed by atoms with Gasteiger partial charge in [0.15, 0.2) is 9.84 Å². The summed E-state index contributed by atoms with van der Waals surface area (Å²) in [6.07, 6.45) is 4.13. The zero-order valence-corrected chi connectivity index (χ0v) is 18.5.